The van der Waals surface area contributed by atoms with Gasteiger partial charge in [0.05, 0.1) is 44.4 Å². The molecule has 6 nitrogen and oxygen atoms in total. The van der Waals surface area contributed by atoms with Crippen molar-refractivity contribution in [3.63, 3.8) is 0 Å². The Morgan fingerprint density at radius 1 is 1.21 bits per heavy atom. The van der Waals surface area contributed by atoms with Gasteiger partial charge >= 0.3 is 0 Å². The Bertz CT molecular complexity index is 1270. The number of aromatic nitrogens is 2. The second-order valence-electron chi connectivity index (χ2n) is 8.09. The van der Waals surface area contributed by atoms with Crippen LogP contribution in [-0.4, -0.2) is 54.9 Å². The standard InChI is InChI=1S/C22H23Cl2F2N3O3S/c1-2-33(31,32)14-5-3-13(4-6-14)15(12-30)21-27-17-11-16(23)20(18(24)19(17)28-21)29-9-7-22(25,26)8-10-29/h3-6,11,15,30H,2,7-10,12H2,1H3,(H,27,28). The number of nitrogens with one attached hydrogen (secondary N) is 1. The van der Waals surface area contributed by atoms with Crippen LogP contribution in [0, 0.1) is 0 Å². The number of H-pyrrole nitrogens is 1. The third-order valence-corrected chi connectivity index (χ3v) is 8.41. The number of hydrogen-bond acceptors (Lipinski definition) is 5. The van der Waals surface area contributed by atoms with Crippen LogP contribution in [0.5, 0.6) is 0 Å². The number of nitrogens with zero attached hydrogens (tertiary/aromatic N) is 2. The minimum absolute atomic E-state index is 0.00437. The fourth-order valence-electron chi connectivity index (χ4n) is 4.03. The Balaban J connectivity index is 1.69. The van der Waals surface area contributed by atoms with E-state index in [0.717, 1.165) is 0 Å². The summed E-state index contributed by atoms with van der Waals surface area (Å²) in [5, 5.41) is 10.6. The largest absolute Gasteiger partial charge is 0.395 e. The molecule has 1 aliphatic heterocycles. The molecular formula is C22H23Cl2F2N3O3S. The van der Waals surface area contributed by atoms with Crippen LogP contribution in [-0.2, 0) is 9.84 Å². The molecule has 0 saturated carbocycles. The molecular weight excluding hydrogens is 495 g/mol. The number of hydrogen-bond donors (Lipinski definition) is 2. The van der Waals surface area contributed by atoms with Gasteiger partial charge in [-0.3, -0.25) is 0 Å². The minimum atomic E-state index is -3.34. The molecule has 1 aromatic heterocycles. The average Bonchev–Trinajstić information content (AvgIpc) is 3.19. The van der Waals surface area contributed by atoms with Crippen LogP contribution in [0.15, 0.2) is 35.2 Å². The molecule has 1 saturated heterocycles. The third kappa shape index (κ3) is 4.69. The normalized spacial score (nSPS) is 17.5. The van der Waals surface area contributed by atoms with Gasteiger partial charge in [-0.05, 0) is 23.8 Å². The van der Waals surface area contributed by atoms with Gasteiger partial charge in [0.15, 0.2) is 9.84 Å². The second kappa shape index (κ2) is 9.02. The van der Waals surface area contributed by atoms with E-state index >= 15 is 0 Å². The van der Waals surface area contributed by atoms with Crippen molar-refractivity contribution in [2.24, 2.45) is 0 Å². The summed E-state index contributed by atoms with van der Waals surface area (Å²) in [5.41, 5.74) is 2.11. The number of rotatable bonds is 6. The second-order valence-corrected chi connectivity index (χ2v) is 11.2. The summed E-state index contributed by atoms with van der Waals surface area (Å²) in [4.78, 5) is 9.65. The van der Waals surface area contributed by atoms with Crippen LogP contribution in [0.3, 0.4) is 0 Å². The van der Waals surface area contributed by atoms with E-state index in [4.69, 9.17) is 23.2 Å². The molecule has 0 radical (unpaired) electrons. The predicted octanol–water partition coefficient (Wildman–Crippen LogP) is 5.02. The van der Waals surface area contributed by atoms with Crippen molar-refractivity contribution in [3.8, 4) is 0 Å². The highest BCUT2D eigenvalue weighted by molar-refractivity contribution is 7.91. The molecule has 2 heterocycles. The maximum absolute atomic E-state index is 13.6. The first-order valence-corrected chi connectivity index (χ1v) is 12.9. The van der Waals surface area contributed by atoms with Gasteiger partial charge < -0.3 is 15.0 Å². The number of anilines is 1. The lowest BCUT2D eigenvalue weighted by atomic mass is 9.99. The van der Waals surface area contributed by atoms with E-state index in [1.54, 1.807) is 30.0 Å². The maximum atomic E-state index is 13.6. The van der Waals surface area contributed by atoms with E-state index in [-0.39, 0.29) is 48.2 Å². The van der Waals surface area contributed by atoms with Crippen molar-refractivity contribution in [1.29, 1.82) is 0 Å². The maximum Gasteiger partial charge on any atom is 0.251 e. The molecule has 0 bridgehead atoms. The molecule has 2 aromatic carbocycles. The van der Waals surface area contributed by atoms with E-state index in [1.807, 2.05) is 0 Å². The van der Waals surface area contributed by atoms with E-state index < -0.39 is 21.7 Å². The topological polar surface area (TPSA) is 86.3 Å². The molecule has 1 fully saturated rings. The number of aromatic amines is 1. The highest BCUT2D eigenvalue weighted by atomic mass is 35.5. The summed E-state index contributed by atoms with van der Waals surface area (Å²) in [6.07, 6.45) is -0.556. The summed E-state index contributed by atoms with van der Waals surface area (Å²) in [6.45, 7) is 1.55. The Hall–Kier alpha value is -1.94. The summed E-state index contributed by atoms with van der Waals surface area (Å²) >= 11 is 13.1. The van der Waals surface area contributed by atoms with Crippen molar-refractivity contribution in [3.05, 3.63) is 51.8 Å². The number of aliphatic hydroxyl groups excluding tert-OH is 1. The van der Waals surface area contributed by atoms with Gasteiger partial charge in [-0.2, -0.15) is 0 Å². The molecule has 11 heteroatoms. The van der Waals surface area contributed by atoms with E-state index in [1.165, 1.54) is 12.1 Å². The molecule has 178 valence electrons. The monoisotopic (exact) mass is 517 g/mol. The van der Waals surface area contributed by atoms with Crippen molar-refractivity contribution < 1.29 is 22.3 Å². The Kier molecular flexibility index (Phi) is 6.61. The molecule has 2 N–H and O–H groups in total. The number of halogens is 4. The van der Waals surface area contributed by atoms with Gasteiger partial charge in [0.1, 0.15) is 11.3 Å². The number of aliphatic hydroxyl groups is 1. The Labute approximate surface area is 200 Å². The first kappa shape index (κ1) is 24.2. The summed E-state index contributed by atoms with van der Waals surface area (Å²) < 4.78 is 51.3. The van der Waals surface area contributed by atoms with E-state index in [0.29, 0.717) is 33.1 Å². The van der Waals surface area contributed by atoms with Gasteiger partial charge in [-0.1, -0.05) is 42.3 Å². The fourth-order valence-corrected chi connectivity index (χ4v) is 5.65. The van der Waals surface area contributed by atoms with Gasteiger partial charge in [0.2, 0.25) is 0 Å². The zero-order valence-electron chi connectivity index (χ0n) is 17.8. The van der Waals surface area contributed by atoms with Crippen LogP contribution in [0.4, 0.5) is 14.5 Å². The molecule has 0 aliphatic carbocycles. The predicted molar refractivity (Wildman–Crippen MR) is 126 cm³/mol. The quantitative estimate of drug-likeness (QED) is 0.479. The van der Waals surface area contributed by atoms with Gasteiger partial charge in [-0.15, -0.1) is 0 Å². The van der Waals surface area contributed by atoms with Crippen LogP contribution < -0.4 is 4.90 Å². The lowest BCUT2D eigenvalue weighted by molar-refractivity contribution is -0.0220. The highest BCUT2D eigenvalue weighted by Gasteiger charge is 2.35. The Morgan fingerprint density at radius 3 is 2.42 bits per heavy atom. The average molecular weight is 518 g/mol. The van der Waals surface area contributed by atoms with Crippen LogP contribution in [0.2, 0.25) is 10.0 Å². The number of alkyl halides is 2. The molecule has 1 aliphatic rings. The number of benzene rings is 2. The smallest absolute Gasteiger partial charge is 0.251 e. The van der Waals surface area contributed by atoms with Crippen molar-refractivity contribution in [2.75, 3.05) is 30.3 Å². The van der Waals surface area contributed by atoms with Crippen molar-refractivity contribution in [2.45, 2.75) is 36.5 Å². The Morgan fingerprint density at radius 2 is 1.85 bits per heavy atom. The van der Waals surface area contributed by atoms with Gasteiger partial charge in [0, 0.05) is 25.9 Å². The molecule has 33 heavy (non-hydrogen) atoms. The zero-order valence-corrected chi connectivity index (χ0v) is 20.1. The fraction of sp³-hybridized carbons (Fsp3) is 0.409. The molecule has 3 aromatic rings. The zero-order chi connectivity index (χ0) is 24.0. The SMILES string of the molecule is CCS(=O)(=O)c1ccc(C(CO)c2nc3c(Cl)c(N4CCC(F)(F)CC4)c(Cl)cc3[nH]2)cc1. The summed E-state index contributed by atoms with van der Waals surface area (Å²) in [5.74, 6) is -2.82. The number of piperidine rings is 1. The van der Waals surface area contributed by atoms with E-state index in [2.05, 4.69) is 9.97 Å². The molecule has 0 spiro atoms. The van der Waals surface area contributed by atoms with E-state index in [9.17, 15) is 22.3 Å². The molecule has 1 unspecified atom stereocenters. The van der Waals surface area contributed by atoms with Crippen LogP contribution >= 0.6 is 23.2 Å². The van der Waals surface area contributed by atoms with Gasteiger partial charge in [0.25, 0.3) is 5.92 Å². The first-order chi connectivity index (χ1) is 15.6. The summed E-state index contributed by atoms with van der Waals surface area (Å²) in [6, 6.07) is 7.95. The third-order valence-electron chi connectivity index (χ3n) is 6.01. The number of sulfone groups is 1. The first-order valence-electron chi connectivity index (χ1n) is 10.5. The molecule has 0 amide bonds. The summed E-state index contributed by atoms with van der Waals surface area (Å²) in [7, 11) is -3.34. The van der Waals surface area contributed by atoms with Crippen molar-refractivity contribution >= 4 is 49.8 Å². The van der Waals surface area contributed by atoms with Crippen molar-refractivity contribution in [1.82, 2.24) is 9.97 Å². The lowest BCUT2D eigenvalue weighted by Gasteiger charge is -2.34. The highest BCUT2D eigenvalue weighted by Crippen LogP contribution is 2.42. The van der Waals surface area contributed by atoms with Crippen LogP contribution in [0.1, 0.15) is 37.1 Å². The number of imidazole rings is 1. The molecule has 4 rings (SSSR count). The van der Waals surface area contributed by atoms with Crippen LogP contribution in [0.25, 0.3) is 11.0 Å². The lowest BCUT2D eigenvalue weighted by Crippen LogP contribution is -2.39. The number of fused-ring (bicyclic) bond motifs is 1. The van der Waals surface area contributed by atoms with Gasteiger partial charge in [-0.25, -0.2) is 22.2 Å². The molecule has 1 atom stereocenters. The minimum Gasteiger partial charge on any atom is -0.395 e.